The molecular formula is C12H18O3. The van der Waals surface area contributed by atoms with Gasteiger partial charge < -0.3 is 9.47 Å². The quantitative estimate of drug-likeness (QED) is 0.518. The first-order valence-electron chi connectivity index (χ1n) is 5.76. The Hall–Kier alpha value is -0.830. The van der Waals surface area contributed by atoms with E-state index >= 15 is 0 Å². The smallest absolute Gasteiger partial charge is 0.332 e. The molecule has 0 spiro atoms. The average Bonchev–Trinajstić information content (AvgIpc) is 2.28. The third-order valence-electron chi connectivity index (χ3n) is 3.43. The monoisotopic (exact) mass is 210 g/mol. The first-order chi connectivity index (χ1) is 7.27. The molecule has 0 aromatic rings. The van der Waals surface area contributed by atoms with Crippen LogP contribution in [0.1, 0.15) is 38.5 Å². The van der Waals surface area contributed by atoms with Gasteiger partial charge in [0.05, 0.1) is 6.61 Å². The zero-order valence-corrected chi connectivity index (χ0v) is 9.04. The Bertz CT molecular complexity index is 248. The van der Waals surface area contributed by atoms with Gasteiger partial charge >= 0.3 is 5.97 Å². The van der Waals surface area contributed by atoms with Crippen molar-refractivity contribution in [3.8, 4) is 0 Å². The van der Waals surface area contributed by atoms with Crippen LogP contribution < -0.4 is 0 Å². The molecule has 0 radical (unpaired) electrons. The lowest BCUT2D eigenvalue weighted by atomic mass is 9.79. The van der Waals surface area contributed by atoms with Crippen molar-refractivity contribution < 1.29 is 14.3 Å². The van der Waals surface area contributed by atoms with Crippen molar-refractivity contribution in [3.05, 3.63) is 12.7 Å². The minimum Gasteiger partial charge on any atom is -0.430 e. The Kier molecular flexibility index (Phi) is 3.10. The Labute approximate surface area is 90.4 Å². The molecule has 1 aliphatic carbocycles. The van der Waals surface area contributed by atoms with E-state index < -0.39 is 5.79 Å². The summed E-state index contributed by atoms with van der Waals surface area (Å²) in [5.74, 6) is -0.588. The number of fused-ring (bicyclic) bond motifs is 1. The zero-order chi connectivity index (χ0) is 10.7. The van der Waals surface area contributed by atoms with Crippen LogP contribution >= 0.6 is 0 Å². The predicted molar refractivity (Wildman–Crippen MR) is 56.2 cm³/mol. The van der Waals surface area contributed by atoms with E-state index in [9.17, 15) is 4.79 Å². The van der Waals surface area contributed by atoms with E-state index in [2.05, 4.69) is 6.58 Å². The lowest BCUT2D eigenvalue weighted by molar-refractivity contribution is -0.280. The van der Waals surface area contributed by atoms with Gasteiger partial charge in [0, 0.05) is 18.4 Å². The van der Waals surface area contributed by atoms with Gasteiger partial charge in [-0.15, -0.1) is 0 Å². The van der Waals surface area contributed by atoms with E-state index in [1.54, 1.807) is 0 Å². The van der Waals surface area contributed by atoms with Crippen LogP contribution in [-0.2, 0) is 14.3 Å². The Balaban J connectivity index is 2.11. The maximum absolute atomic E-state index is 11.3. The van der Waals surface area contributed by atoms with Gasteiger partial charge in [-0.05, 0) is 25.7 Å². The van der Waals surface area contributed by atoms with E-state index in [0.29, 0.717) is 12.5 Å². The highest BCUT2D eigenvalue weighted by Crippen LogP contribution is 2.43. The molecule has 15 heavy (non-hydrogen) atoms. The number of ether oxygens (including phenoxy) is 2. The van der Waals surface area contributed by atoms with Crippen LogP contribution in [0.15, 0.2) is 12.7 Å². The molecule has 0 amide bonds. The molecule has 3 heteroatoms. The molecule has 2 unspecified atom stereocenters. The number of hydrogen-bond acceptors (Lipinski definition) is 3. The van der Waals surface area contributed by atoms with Crippen molar-refractivity contribution in [2.24, 2.45) is 5.92 Å². The van der Waals surface area contributed by atoms with Crippen molar-refractivity contribution in [1.29, 1.82) is 0 Å². The van der Waals surface area contributed by atoms with Crippen molar-refractivity contribution >= 4 is 5.97 Å². The minimum atomic E-state index is -0.623. The molecule has 0 N–H and O–H groups in total. The first-order valence-corrected chi connectivity index (χ1v) is 5.76. The molecule has 1 saturated heterocycles. The van der Waals surface area contributed by atoms with Crippen molar-refractivity contribution in [2.45, 2.75) is 44.3 Å². The molecule has 1 heterocycles. The van der Waals surface area contributed by atoms with Crippen LogP contribution in [0.4, 0.5) is 0 Å². The van der Waals surface area contributed by atoms with Gasteiger partial charge in [-0.25, -0.2) is 4.79 Å². The molecule has 0 bridgehead atoms. The van der Waals surface area contributed by atoms with E-state index in [0.717, 1.165) is 32.1 Å². The molecule has 1 aliphatic heterocycles. The topological polar surface area (TPSA) is 35.5 Å². The largest absolute Gasteiger partial charge is 0.430 e. The van der Waals surface area contributed by atoms with Crippen LogP contribution in [0.5, 0.6) is 0 Å². The molecular weight excluding hydrogens is 192 g/mol. The minimum absolute atomic E-state index is 0.358. The molecule has 0 aromatic carbocycles. The third kappa shape index (κ3) is 2.07. The summed E-state index contributed by atoms with van der Waals surface area (Å²) in [7, 11) is 0. The fraction of sp³-hybridized carbons (Fsp3) is 0.750. The summed E-state index contributed by atoms with van der Waals surface area (Å²) < 4.78 is 11.2. The van der Waals surface area contributed by atoms with Crippen LogP contribution in [0.25, 0.3) is 0 Å². The number of esters is 1. The summed E-state index contributed by atoms with van der Waals surface area (Å²) in [5.41, 5.74) is 0. The van der Waals surface area contributed by atoms with Gasteiger partial charge in [-0.3, -0.25) is 0 Å². The van der Waals surface area contributed by atoms with Crippen molar-refractivity contribution in [2.75, 3.05) is 6.61 Å². The lowest BCUT2D eigenvalue weighted by Gasteiger charge is -2.45. The molecule has 2 fully saturated rings. The second kappa shape index (κ2) is 4.35. The molecule has 0 aromatic heterocycles. The van der Waals surface area contributed by atoms with Crippen LogP contribution in [0, 0.1) is 5.92 Å². The fourth-order valence-corrected chi connectivity index (χ4v) is 2.69. The molecule has 2 atom stereocenters. The standard InChI is InChI=1S/C12H18O3/c1-2-11(13)15-12-8-4-3-6-10(12)7-5-9-14-12/h2,10H,1,3-9H2. The summed E-state index contributed by atoms with van der Waals surface area (Å²) in [4.78, 5) is 11.3. The average molecular weight is 210 g/mol. The fourth-order valence-electron chi connectivity index (χ4n) is 2.69. The van der Waals surface area contributed by atoms with E-state index in [4.69, 9.17) is 9.47 Å². The SMILES string of the molecule is C=CC(=O)OC12CCCCC1CCCO2. The summed E-state index contributed by atoms with van der Waals surface area (Å²) in [6.07, 6.45) is 7.69. The zero-order valence-electron chi connectivity index (χ0n) is 9.04. The molecule has 3 nitrogen and oxygen atoms in total. The number of hydrogen-bond donors (Lipinski definition) is 0. The van der Waals surface area contributed by atoms with Crippen LogP contribution in [-0.4, -0.2) is 18.4 Å². The van der Waals surface area contributed by atoms with Gasteiger partial charge in [0.1, 0.15) is 0 Å². The maximum atomic E-state index is 11.3. The van der Waals surface area contributed by atoms with Gasteiger partial charge in [-0.2, -0.15) is 0 Å². The predicted octanol–water partition coefficient (Wildman–Crippen LogP) is 2.41. The molecule has 1 saturated carbocycles. The normalized spacial score (nSPS) is 35.3. The Morgan fingerprint density at radius 3 is 3.00 bits per heavy atom. The summed E-state index contributed by atoms with van der Waals surface area (Å²) in [6.45, 7) is 4.14. The Morgan fingerprint density at radius 2 is 2.20 bits per heavy atom. The highest BCUT2D eigenvalue weighted by molar-refractivity contribution is 5.81. The molecule has 2 aliphatic rings. The highest BCUT2D eigenvalue weighted by Gasteiger charge is 2.46. The summed E-state index contributed by atoms with van der Waals surface area (Å²) in [6, 6.07) is 0. The third-order valence-corrected chi connectivity index (χ3v) is 3.43. The summed E-state index contributed by atoms with van der Waals surface area (Å²) >= 11 is 0. The van der Waals surface area contributed by atoms with E-state index in [1.165, 1.54) is 12.5 Å². The molecule has 84 valence electrons. The number of carbonyl (C=O) groups excluding carboxylic acids is 1. The van der Waals surface area contributed by atoms with Gasteiger partial charge in [0.2, 0.25) is 5.79 Å². The van der Waals surface area contributed by atoms with Crippen molar-refractivity contribution in [1.82, 2.24) is 0 Å². The lowest BCUT2D eigenvalue weighted by Crippen LogP contribution is -2.49. The highest BCUT2D eigenvalue weighted by atomic mass is 16.7. The van der Waals surface area contributed by atoms with E-state index in [-0.39, 0.29) is 5.97 Å². The second-order valence-electron chi connectivity index (χ2n) is 4.37. The van der Waals surface area contributed by atoms with E-state index in [1.807, 2.05) is 0 Å². The summed E-state index contributed by atoms with van der Waals surface area (Å²) in [5, 5.41) is 0. The van der Waals surface area contributed by atoms with Crippen LogP contribution in [0.2, 0.25) is 0 Å². The maximum Gasteiger partial charge on any atom is 0.332 e. The second-order valence-corrected chi connectivity index (χ2v) is 4.37. The number of rotatable bonds is 2. The van der Waals surface area contributed by atoms with Crippen molar-refractivity contribution in [3.63, 3.8) is 0 Å². The first kappa shape index (κ1) is 10.7. The number of carbonyl (C=O) groups is 1. The Morgan fingerprint density at radius 1 is 1.40 bits per heavy atom. The van der Waals surface area contributed by atoms with Gasteiger partial charge in [0.25, 0.3) is 0 Å². The van der Waals surface area contributed by atoms with Crippen LogP contribution in [0.3, 0.4) is 0 Å². The van der Waals surface area contributed by atoms with Gasteiger partial charge in [0.15, 0.2) is 0 Å². The van der Waals surface area contributed by atoms with Gasteiger partial charge in [-0.1, -0.05) is 13.0 Å². The molecule has 2 rings (SSSR count).